The second-order valence-corrected chi connectivity index (χ2v) is 12.0. The van der Waals surface area contributed by atoms with Gasteiger partial charge in [-0.1, -0.05) is 72.8 Å². The van der Waals surface area contributed by atoms with Crippen molar-refractivity contribution in [2.75, 3.05) is 0 Å². The highest BCUT2D eigenvalue weighted by atomic mass is 16.3. The Labute approximate surface area is 266 Å². The van der Waals surface area contributed by atoms with Crippen molar-refractivity contribution < 1.29 is 4.42 Å². The Bertz CT molecular complexity index is 3010. The van der Waals surface area contributed by atoms with Crippen LogP contribution in [0.4, 0.5) is 0 Å². The maximum atomic E-state index is 6.41. The third-order valence-electron chi connectivity index (χ3n) is 9.39. The molecule has 5 aromatic heterocycles. The Morgan fingerprint density at radius 1 is 0.447 bits per heavy atom. The van der Waals surface area contributed by atoms with Gasteiger partial charge in [-0.2, -0.15) is 0 Å². The van der Waals surface area contributed by atoms with E-state index >= 15 is 0 Å². The van der Waals surface area contributed by atoms with Gasteiger partial charge >= 0.3 is 0 Å². The van der Waals surface area contributed by atoms with Gasteiger partial charge in [0.15, 0.2) is 0 Å². The van der Waals surface area contributed by atoms with Crippen LogP contribution in [0.3, 0.4) is 0 Å². The summed E-state index contributed by atoms with van der Waals surface area (Å²) in [6, 6.07) is 50.7. The Morgan fingerprint density at radius 3 is 1.85 bits per heavy atom. The average molecular weight is 605 g/mol. The molecular formula is C40H24N6O. The Balaban J connectivity index is 1.19. The summed E-state index contributed by atoms with van der Waals surface area (Å²) in [5, 5.41) is 1.02. The molecule has 0 fully saturated rings. The van der Waals surface area contributed by atoms with Gasteiger partial charge in [-0.25, -0.2) is 14.4 Å². The van der Waals surface area contributed by atoms with Crippen LogP contribution in [0.15, 0.2) is 150 Å². The summed E-state index contributed by atoms with van der Waals surface area (Å²) in [5.74, 6) is 1.72. The van der Waals surface area contributed by atoms with Crippen molar-refractivity contribution >= 4 is 66.9 Å². The van der Waals surface area contributed by atoms with Crippen molar-refractivity contribution in [3.63, 3.8) is 0 Å². The van der Waals surface area contributed by atoms with Crippen molar-refractivity contribution in [1.82, 2.24) is 27.9 Å². The normalized spacial score (nSPS) is 12.3. The molecule has 0 aliphatic carbocycles. The second-order valence-electron chi connectivity index (χ2n) is 12.0. The standard InChI is InChI=1S/C40H24N6O/c1-3-11-27(12-4-1)43-32-21-19-26(24-35(32)45-31-17-9-8-16-30(31)41-39(43)45)25-20-22-33-34(23-25)44(28-13-5-2-6-14-28)40-42-37-29-15-7-10-18-36(29)47-38(37)46(33)40/h1-24H. The Morgan fingerprint density at radius 2 is 1.06 bits per heavy atom. The summed E-state index contributed by atoms with van der Waals surface area (Å²) in [6.45, 7) is 0. The van der Waals surface area contributed by atoms with E-state index < -0.39 is 0 Å². The van der Waals surface area contributed by atoms with E-state index in [2.05, 4.69) is 127 Å². The van der Waals surface area contributed by atoms with Crippen LogP contribution in [0, 0.1) is 0 Å². The molecule has 0 saturated carbocycles. The molecule has 7 heteroatoms. The number of imidazole rings is 4. The maximum Gasteiger partial charge on any atom is 0.234 e. The van der Waals surface area contributed by atoms with Gasteiger partial charge in [0, 0.05) is 16.8 Å². The van der Waals surface area contributed by atoms with Gasteiger partial charge in [-0.05, 0) is 83.9 Å². The average Bonchev–Trinajstić information content (AvgIpc) is 3.91. The number of fused-ring (bicyclic) bond motifs is 12. The van der Waals surface area contributed by atoms with Gasteiger partial charge < -0.3 is 4.42 Å². The fourth-order valence-corrected chi connectivity index (χ4v) is 7.31. The SMILES string of the molecule is c1ccc(-n2c3ccc(-c4ccc5c(c4)n(-c4ccccc4)c4nc6c7ccccc7oc6n54)cc3n3c4ccccc4nc23)cc1. The minimum atomic E-state index is 0.756. The van der Waals surface area contributed by atoms with E-state index in [1.807, 2.05) is 36.4 Å². The molecule has 47 heavy (non-hydrogen) atoms. The van der Waals surface area contributed by atoms with Crippen LogP contribution in [0.5, 0.6) is 0 Å². The van der Waals surface area contributed by atoms with Gasteiger partial charge in [-0.3, -0.25) is 13.5 Å². The molecule has 11 rings (SSSR count). The summed E-state index contributed by atoms with van der Waals surface area (Å²) >= 11 is 0. The predicted octanol–water partition coefficient (Wildman–Crippen LogP) is 9.59. The van der Waals surface area contributed by atoms with E-state index in [1.165, 1.54) is 0 Å². The minimum Gasteiger partial charge on any atom is -0.437 e. The molecule has 5 heterocycles. The molecule has 7 nitrogen and oxygen atoms in total. The van der Waals surface area contributed by atoms with E-state index in [-0.39, 0.29) is 0 Å². The number of benzene rings is 6. The van der Waals surface area contributed by atoms with Crippen molar-refractivity contribution in [3.05, 3.63) is 146 Å². The molecule has 220 valence electrons. The molecule has 0 bridgehead atoms. The third-order valence-corrected chi connectivity index (χ3v) is 9.39. The molecule has 0 amide bonds. The van der Waals surface area contributed by atoms with E-state index in [1.54, 1.807) is 0 Å². The predicted molar refractivity (Wildman–Crippen MR) is 188 cm³/mol. The van der Waals surface area contributed by atoms with Crippen molar-refractivity contribution in [3.8, 4) is 22.5 Å². The van der Waals surface area contributed by atoms with Gasteiger partial charge in [0.25, 0.3) is 0 Å². The topological polar surface area (TPSA) is 57.6 Å². The smallest absolute Gasteiger partial charge is 0.234 e. The lowest BCUT2D eigenvalue weighted by Gasteiger charge is -2.08. The molecule has 0 unspecified atom stereocenters. The lowest BCUT2D eigenvalue weighted by Crippen LogP contribution is -1.95. The first-order valence-corrected chi connectivity index (χ1v) is 15.7. The molecule has 0 N–H and O–H groups in total. The van der Waals surface area contributed by atoms with Crippen molar-refractivity contribution in [2.24, 2.45) is 0 Å². The van der Waals surface area contributed by atoms with Crippen LogP contribution in [0.25, 0.3) is 89.4 Å². The lowest BCUT2D eigenvalue weighted by molar-refractivity contribution is 0.651. The van der Waals surface area contributed by atoms with Crippen LogP contribution in [0.1, 0.15) is 0 Å². The third kappa shape index (κ3) is 3.29. The summed E-state index contributed by atoms with van der Waals surface area (Å²) in [5.41, 5.74) is 13.2. The Hall–Kier alpha value is -6.60. The molecule has 0 spiro atoms. The van der Waals surface area contributed by atoms with E-state index in [0.717, 1.165) is 89.4 Å². The van der Waals surface area contributed by atoms with E-state index in [9.17, 15) is 0 Å². The molecule has 0 atom stereocenters. The van der Waals surface area contributed by atoms with E-state index in [4.69, 9.17) is 14.4 Å². The van der Waals surface area contributed by atoms with Crippen LogP contribution in [0.2, 0.25) is 0 Å². The maximum absolute atomic E-state index is 6.41. The largest absolute Gasteiger partial charge is 0.437 e. The lowest BCUT2D eigenvalue weighted by atomic mass is 10.0. The molecule has 11 aromatic rings. The molecular weight excluding hydrogens is 580 g/mol. The Kier molecular flexibility index (Phi) is 4.72. The first-order valence-electron chi connectivity index (χ1n) is 15.7. The molecule has 0 saturated heterocycles. The van der Waals surface area contributed by atoms with Crippen molar-refractivity contribution in [2.45, 2.75) is 0 Å². The zero-order valence-electron chi connectivity index (χ0n) is 24.9. The van der Waals surface area contributed by atoms with Crippen LogP contribution in [-0.2, 0) is 0 Å². The van der Waals surface area contributed by atoms with Crippen LogP contribution >= 0.6 is 0 Å². The van der Waals surface area contributed by atoms with Gasteiger partial charge in [0.2, 0.25) is 17.3 Å². The number of nitrogens with zero attached hydrogens (tertiary/aromatic N) is 6. The van der Waals surface area contributed by atoms with Gasteiger partial charge in [0.05, 0.1) is 33.1 Å². The van der Waals surface area contributed by atoms with Crippen molar-refractivity contribution in [1.29, 1.82) is 0 Å². The monoisotopic (exact) mass is 604 g/mol. The fraction of sp³-hybridized carbons (Fsp3) is 0. The van der Waals surface area contributed by atoms with Gasteiger partial charge in [-0.15, -0.1) is 0 Å². The fourth-order valence-electron chi connectivity index (χ4n) is 7.31. The highest BCUT2D eigenvalue weighted by Crippen LogP contribution is 2.37. The minimum absolute atomic E-state index is 0.756. The number of hydrogen-bond donors (Lipinski definition) is 0. The summed E-state index contributed by atoms with van der Waals surface area (Å²) in [4.78, 5) is 10.2. The zero-order chi connectivity index (χ0) is 30.6. The van der Waals surface area contributed by atoms with Crippen LogP contribution in [-0.4, -0.2) is 27.9 Å². The quantitative estimate of drug-likeness (QED) is 0.202. The molecule has 0 radical (unpaired) electrons. The first kappa shape index (κ1) is 24.7. The summed E-state index contributed by atoms with van der Waals surface area (Å²) in [7, 11) is 0. The highest BCUT2D eigenvalue weighted by Gasteiger charge is 2.23. The van der Waals surface area contributed by atoms with Gasteiger partial charge in [0.1, 0.15) is 11.1 Å². The second kappa shape index (κ2) is 8.99. The molecule has 0 aliphatic rings. The number of para-hydroxylation sites is 5. The molecule has 0 aliphatic heterocycles. The van der Waals surface area contributed by atoms with E-state index in [0.29, 0.717) is 0 Å². The number of rotatable bonds is 3. The first-order chi connectivity index (χ1) is 23.3. The number of aromatic nitrogens is 6. The number of hydrogen-bond acceptors (Lipinski definition) is 3. The number of furan rings is 1. The summed E-state index contributed by atoms with van der Waals surface area (Å²) < 4.78 is 15.3. The summed E-state index contributed by atoms with van der Waals surface area (Å²) in [6.07, 6.45) is 0. The molecule has 6 aromatic carbocycles. The zero-order valence-corrected chi connectivity index (χ0v) is 24.9. The van der Waals surface area contributed by atoms with Crippen LogP contribution < -0.4 is 0 Å². The highest BCUT2D eigenvalue weighted by molar-refractivity contribution is 6.05.